The van der Waals surface area contributed by atoms with Crippen LogP contribution in [0, 0.1) is 0 Å². The quantitative estimate of drug-likeness (QED) is 0.642. The number of aryl methyl sites for hydroxylation is 1. The summed E-state index contributed by atoms with van der Waals surface area (Å²) in [6.45, 7) is 7.73. The molecule has 0 aliphatic rings. The van der Waals surface area contributed by atoms with Crippen molar-refractivity contribution in [3.8, 4) is 0 Å². The Morgan fingerprint density at radius 1 is 1.32 bits per heavy atom. The van der Waals surface area contributed by atoms with E-state index in [1.807, 2.05) is 19.9 Å². The summed E-state index contributed by atoms with van der Waals surface area (Å²) in [7, 11) is -1.97. The largest absolute Gasteiger partial charge is 0.398 e. The first-order chi connectivity index (χ1) is 8.88. The summed E-state index contributed by atoms with van der Waals surface area (Å²) in [5.74, 6) is 0. The number of hydrogen-bond donors (Lipinski definition) is 1. The molecule has 0 atom stereocenters. The molecule has 0 saturated carbocycles. The molecule has 106 valence electrons. The lowest BCUT2D eigenvalue weighted by Crippen LogP contribution is -2.28. The normalized spacial score (nSPS) is 11.8. The average molecular weight is 282 g/mol. The standard InChI is InChI=1S/C14H22N2O2S/c1-5-8-16(4)19(17,18)14-10-11(6-2)9-13(15)12(14)7-3/h5,9-10H,1,6-8,15H2,2-4H3. The highest BCUT2D eigenvalue weighted by molar-refractivity contribution is 7.89. The van der Waals surface area contributed by atoms with E-state index >= 15 is 0 Å². The van der Waals surface area contributed by atoms with E-state index < -0.39 is 10.0 Å². The number of rotatable bonds is 6. The van der Waals surface area contributed by atoms with E-state index in [-0.39, 0.29) is 6.54 Å². The fraction of sp³-hybridized carbons (Fsp3) is 0.429. The zero-order chi connectivity index (χ0) is 14.6. The van der Waals surface area contributed by atoms with E-state index in [0.29, 0.717) is 22.6 Å². The zero-order valence-corrected chi connectivity index (χ0v) is 12.6. The molecule has 1 rings (SSSR count). The van der Waals surface area contributed by atoms with Crippen LogP contribution in [0.4, 0.5) is 5.69 Å². The van der Waals surface area contributed by atoms with Crippen molar-refractivity contribution in [2.75, 3.05) is 19.3 Å². The van der Waals surface area contributed by atoms with Gasteiger partial charge in [-0.1, -0.05) is 19.9 Å². The molecule has 4 nitrogen and oxygen atoms in total. The maximum absolute atomic E-state index is 12.5. The van der Waals surface area contributed by atoms with Gasteiger partial charge in [0, 0.05) is 19.3 Å². The molecular weight excluding hydrogens is 260 g/mol. The van der Waals surface area contributed by atoms with Crippen LogP contribution in [0.15, 0.2) is 29.7 Å². The van der Waals surface area contributed by atoms with Crippen LogP contribution in [0.2, 0.25) is 0 Å². The number of nitrogens with zero attached hydrogens (tertiary/aromatic N) is 1. The Balaban J connectivity index is 3.47. The topological polar surface area (TPSA) is 63.4 Å². The fourth-order valence-electron chi connectivity index (χ4n) is 1.99. The summed E-state index contributed by atoms with van der Waals surface area (Å²) in [6.07, 6.45) is 2.91. The SMILES string of the molecule is C=CCN(C)S(=O)(=O)c1cc(CC)cc(N)c1CC. The Hall–Kier alpha value is -1.33. The summed E-state index contributed by atoms with van der Waals surface area (Å²) in [6, 6.07) is 3.58. The van der Waals surface area contributed by atoms with Gasteiger partial charge in [-0.15, -0.1) is 6.58 Å². The van der Waals surface area contributed by atoms with Crippen LogP contribution < -0.4 is 5.73 Å². The van der Waals surface area contributed by atoms with Crippen molar-refractivity contribution >= 4 is 15.7 Å². The molecule has 0 fully saturated rings. The number of hydrogen-bond acceptors (Lipinski definition) is 3. The molecule has 0 amide bonds. The minimum absolute atomic E-state index is 0.280. The Kier molecular flexibility index (Phi) is 5.14. The maximum atomic E-state index is 12.5. The number of benzene rings is 1. The number of likely N-dealkylation sites (N-methyl/N-ethyl adjacent to an activating group) is 1. The van der Waals surface area contributed by atoms with E-state index in [1.165, 1.54) is 4.31 Å². The first-order valence-corrected chi connectivity index (χ1v) is 7.80. The molecule has 0 aromatic heterocycles. The third-order valence-corrected chi connectivity index (χ3v) is 5.03. The molecule has 0 radical (unpaired) electrons. The van der Waals surface area contributed by atoms with Crippen molar-refractivity contribution in [3.63, 3.8) is 0 Å². The van der Waals surface area contributed by atoms with Gasteiger partial charge >= 0.3 is 0 Å². The molecule has 0 bridgehead atoms. The van der Waals surface area contributed by atoms with Crippen LogP contribution in [0.1, 0.15) is 25.0 Å². The van der Waals surface area contributed by atoms with E-state index in [0.717, 1.165) is 12.0 Å². The number of sulfonamides is 1. The zero-order valence-electron chi connectivity index (χ0n) is 11.8. The third kappa shape index (κ3) is 3.16. The van der Waals surface area contributed by atoms with E-state index in [1.54, 1.807) is 19.2 Å². The van der Waals surface area contributed by atoms with Crippen molar-refractivity contribution in [2.24, 2.45) is 0 Å². The van der Waals surface area contributed by atoms with E-state index in [9.17, 15) is 8.42 Å². The molecule has 0 heterocycles. The minimum Gasteiger partial charge on any atom is -0.398 e. The highest BCUT2D eigenvalue weighted by Gasteiger charge is 2.24. The lowest BCUT2D eigenvalue weighted by Gasteiger charge is -2.19. The molecule has 2 N–H and O–H groups in total. The van der Waals surface area contributed by atoms with Gasteiger partial charge in [-0.2, -0.15) is 4.31 Å². The van der Waals surface area contributed by atoms with Gasteiger partial charge in [0.25, 0.3) is 0 Å². The van der Waals surface area contributed by atoms with Gasteiger partial charge < -0.3 is 5.73 Å². The molecule has 19 heavy (non-hydrogen) atoms. The molecule has 1 aromatic carbocycles. The molecule has 0 spiro atoms. The highest BCUT2D eigenvalue weighted by atomic mass is 32.2. The highest BCUT2D eigenvalue weighted by Crippen LogP contribution is 2.27. The Morgan fingerprint density at radius 2 is 1.95 bits per heavy atom. The lowest BCUT2D eigenvalue weighted by atomic mass is 10.1. The smallest absolute Gasteiger partial charge is 0.243 e. The average Bonchev–Trinajstić information content (AvgIpc) is 2.37. The van der Waals surface area contributed by atoms with Crippen molar-refractivity contribution < 1.29 is 8.42 Å². The second kappa shape index (κ2) is 6.21. The van der Waals surface area contributed by atoms with Gasteiger partial charge in [0.15, 0.2) is 0 Å². The van der Waals surface area contributed by atoms with Crippen LogP contribution in [0.25, 0.3) is 0 Å². The first-order valence-electron chi connectivity index (χ1n) is 6.36. The van der Waals surface area contributed by atoms with Crippen LogP contribution >= 0.6 is 0 Å². The summed E-state index contributed by atoms with van der Waals surface area (Å²) in [4.78, 5) is 0.316. The molecule has 0 unspecified atom stereocenters. The van der Waals surface area contributed by atoms with Crippen molar-refractivity contribution in [3.05, 3.63) is 35.9 Å². The van der Waals surface area contributed by atoms with Gasteiger partial charge in [0.05, 0.1) is 4.90 Å². The van der Waals surface area contributed by atoms with Crippen LogP contribution in [0.3, 0.4) is 0 Å². The third-order valence-electron chi connectivity index (χ3n) is 3.14. The number of nitrogen functional groups attached to an aromatic ring is 1. The summed E-state index contributed by atoms with van der Waals surface area (Å²) in [5.41, 5.74) is 8.14. The van der Waals surface area contributed by atoms with Gasteiger partial charge in [-0.3, -0.25) is 0 Å². The Morgan fingerprint density at radius 3 is 2.42 bits per heavy atom. The molecule has 1 aromatic rings. The van der Waals surface area contributed by atoms with E-state index in [2.05, 4.69) is 6.58 Å². The second-order valence-electron chi connectivity index (χ2n) is 4.44. The van der Waals surface area contributed by atoms with Gasteiger partial charge in [-0.05, 0) is 36.1 Å². The van der Waals surface area contributed by atoms with Gasteiger partial charge in [0.1, 0.15) is 0 Å². The first kappa shape index (κ1) is 15.7. The number of nitrogens with two attached hydrogens (primary N) is 1. The molecule has 5 heteroatoms. The van der Waals surface area contributed by atoms with Crippen LogP contribution in [-0.4, -0.2) is 26.3 Å². The van der Waals surface area contributed by atoms with E-state index in [4.69, 9.17) is 5.73 Å². The number of anilines is 1. The minimum atomic E-state index is -3.52. The molecule has 0 saturated heterocycles. The van der Waals surface area contributed by atoms with Crippen LogP contribution in [-0.2, 0) is 22.9 Å². The predicted octanol–water partition coefficient (Wildman–Crippen LogP) is 2.20. The summed E-state index contributed by atoms with van der Waals surface area (Å²) >= 11 is 0. The van der Waals surface area contributed by atoms with Crippen LogP contribution in [0.5, 0.6) is 0 Å². The monoisotopic (exact) mass is 282 g/mol. The molecular formula is C14H22N2O2S. The maximum Gasteiger partial charge on any atom is 0.243 e. The van der Waals surface area contributed by atoms with Gasteiger partial charge in [-0.25, -0.2) is 8.42 Å². The predicted molar refractivity (Wildman–Crippen MR) is 79.6 cm³/mol. The van der Waals surface area contributed by atoms with Crippen molar-refractivity contribution in [2.45, 2.75) is 31.6 Å². The molecule has 0 aliphatic carbocycles. The van der Waals surface area contributed by atoms with Gasteiger partial charge in [0.2, 0.25) is 10.0 Å². The lowest BCUT2D eigenvalue weighted by molar-refractivity contribution is 0.498. The van der Waals surface area contributed by atoms with Crippen molar-refractivity contribution in [1.82, 2.24) is 4.31 Å². The molecule has 0 aliphatic heterocycles. The Bertz CT molecular complexity index is 565. The summed E-state index contributed by atoms with van der Waals surface area (Å²) < 4.78 is 26.4. The second-order valence-corrected chi connectivity index (χ2v) is 6.46. The Labute approximate surface area is 116 Å². The van der Waals surface area contributed by atoms with Crippen molar-refractivity contribution in [1.29, 1.82) is 0 Å². The fourth-order valence-corrected chi connectivity index (χ4v) is 3.50. The summed E-state index contributed by atoms with van der Waals surface area (Å²) in [5, 5.41) is 0.